The molecule has 0 aliphatic carbocycles. The molecule has 0 spiro atoms. The minimum absolute atomic E-state index is 0.286. The second-order valence-electron chi connectivity index (χ2n) is 15.8. The molecule has 6 aromatic rings. The Morgan fingerprint density at radius 3 is 0.840 bits per heavy atom. The highest BCUT2D eigenvalue weighted by Crippen LogP contribution is 2.41. The van der Waals surface area contributed by atoms with Gasteiger partial charge in [-0.2, -0.15) is 132 Å². The molecule has 5 aromatic carbocycles. The van der Waals surface area contributed by atoms with Gasteiger partial charge in [0.25, 0.3) is 0 Å². The molecule has 0 amide bonds. The smallest absolute Gasteiger partial charge is 0.349 e. The number of ether oxygens (including phenoxy) is 1. The van der Waals surface area contributed by atoms with E-state index >= 15 is 0 Å². The predicted molar refractivity (Wildman–Crippen MR) is 207 cm³/mol. The number of halogens is 27. The van der Waals surface area contributed by atoms with Gasteiger partial charge in [0.15, 0.2) is 12.7 Å². The minimum Gasteiger partial charge on any atom is -0.349 e. The summed E-state index contributed by atoms with van der Waals surface area (Å²) in [4.78, 5) is 3.63. The van der Waals surface area contributed by atoms with Gasteiger partial charge in [-0.05, 0) is 24.3 Å². The third kappa shape index (κ3) is 14.3. The number of nitrogens with zero attached hydrogens (tertiary/aromatic N) is 2. The van der Waals surface area contributed by atoms with E-state index in [0.717, 1.165) is 11.8 Å². The predicted octanol–water partition coefficient (Wildman–Crippen LogP) is 13.5. The summed E-state index contributed by atoms with van der Waals surface area (Å²) >= 11 is 0. The van der Waals surface area contributed by atoms with E-state index in [1.54, 1.807) is 0 Å². The molecular formula is C44H22BF27N2O. The maximum atomic E-state index is 14.2. The standard InChI is InChI=1S/C32H12BF24.C12H10F3N2O/c34-25(35,36)13-1-14(26(37,38)39)6-21(5-13)33(22-7-15(27(40,41)42)2-16(8-22)28(43,44)45,23-9-17(29(46,47)48)3-18(10-23)30(49,50)51)24-11-19(31(52,53)54)4-20(12-24)32(55,56)57;13-12(14,15)18-11-8-16-6-7-17(11)9-10-4-2-1-3-5-10/h1-12H;1-8H,9H2/q-1;+1. The van der Waals surface area contributed by atoms with E-state index in [9.17, 15) is 119 Å². The lowest BCUT2D eigenvalue weighted by atomic mass is 9.12. The molecule has 0 fully saturated rings. The highest BCUT2D eigenvalue weighted by Gasteiger charge is 2.47. The van der Waals surface area contributed by atoms with Crippen LogP contribution in [0.25, 0.3) is 0 Å². The van der Waals surface area contributed by atoms with Crippen molar-refractivity contribution in [3.63, 3.8) is 0 Å². The van der Waals surface area contributed by atoms with E-state index in [1.165, 1.54) is 17.0 Å². The van der Waals surface area contributed by atoms with Gasteiger partial charge in [0.2, 0.25) is 0 Å². The molecule has 0 unspecified atom stereocenters. The number of hydrogen-bond donors (Lipinski definition) is 0. The van der Waals surface area contributed by atoms with Gasteiger partial charge >= 0.3 is 61.7 Å². The first kappa shape index (κ1) is 59.0. The van der Waals surface area contributed by atoms with Gasteiger partial charge in [0.1, 0.15) is 12.3 Å². The van der Waals surface area contributed by atoms with Crippen molar-refractivity contribution in [2.45, 2.75) is 62.3 Å². The molecule has 406 valence electrons. The minimum atomic E-state index is -6.13. The molecule has 0 bridgehead atoms. The van der Waals surface area contributed by atoms with Crippen LogP contribution in [0, 0.1) is 0 Å². The Balaban J connectivity index is 0.000000483. The zero-order chi connectivity index (χ0) is 56.9. The summed E-state index contributed by atoms with van der Waals surface area (Å²) in [6.07, 6.45) is -55.6. The zero-order valence-corrected chi connectivity index (χ0v) is 35.8. The summed E-state index contributed by atoms with van der Waals surface area (Å²) in [5.41, 5.74) is -29.3. The Labute approximate surface area is 400 Å². The van der Waals surface area contributed by atoms with Crippen LogP contribution in [0.3, 0.4) is 0 Å². The fourth-order valence-electron chi connectivity index (χ4n) is 7.56. The summed E-state index contributed by atoms with van der Waals surface area (Å²) in [5, 5.41) is 0. The lowest BCUT2D eigenvalue weighted by molar-refractivity contribution is -0.698. The number of aromatic nitrogens is 2. The van der Waals surface area contributed by atoms with Crippen LogP contribution in [-0.4, -0.2) is 17.5 Å². The molecule has 3 nitrogen and oxygen atoms in total. The molecule has 0 radical (unpaired) electrons. The lowest BCUT2D eigenvalue weighted by Gasteiger charge is -2.46. The highest BCUT2D eigenvalue weighted by atomic mass is 19.4. The molecule has 0 N–H and O–H groups in total. The van der Waals surface area contributed by atoms with Gasteiger partial charge < -0.3 is 4.74 Å². The van der Waals surface area contributed by atoms with Crippen molar-refractivity contribution < 1.29 is 128 Å². The van der Waals surface area contributed by atoms with Crippen LogP contribution in [0.15, 0.2) is 122 Å². The van der Waals surface area contributed by atoms with E-state index in [0.29, 0.717) is 0 Å². The normalized spacial score (nSPS) is 13.6. The molecule has 6 rings (SSSR count). The van der Waals surface area contributed by atoms with Gasteiger partial charge in [-0.25, -0.2) is 4.98 Å². The molecule has 1 aromatic heterocycles. The van der Waals surface area contributed by atoms with Crippen LogP contribution in [-0.2, 0) is 56.0 Å². The highest BCUT2D eigenvalue weighted by molar-refractivity contribution is 7.20. The van der Waals surface area contributed by atoms with Gasteiger partial charge in [-0.1, -0.05) is 78.9 Å². The molecule has 0 aliphatic rings. The Bertz CT molecular complexity index is 2540. The van der Waals surface area contributed by atoms with E-state index in [4.69, 9.17) is 0 Å². The van der Waals surface area contributed by atoms with E-state index in [1.807, 2.05) is 30.3 Å². The second kappa shape index (κ2) is 20.0. The maximum Gasteiger partial charge on any atom is 0.577 e. The average molecular weight is 1120 g/mol. The Kier molecular flexibility index (Phi) is 15.8. The summed E-state index contributed by atoms with van der Waals surface area (Å²) in [7, 11) is 0. The number of hydrogen-bond acceptors (Lipinski definition) is 2. The van der Waals surface area contributed by atoms with E-state index in [2.05, 4.69) is 9.72 Å². The first-order valence-corrected chi connectivity index (χ1v) is 19.8. The summed E-state index contributed by atoms with van der Waals surface area (Å²) < 4.78 is 383. The van der Waals surface area contributed by atoms with Crippen LogP contribution in [0.2, 0.25) is 0 Å². The lowest BCUT2D eigenvalue weighted by Crippen LogP contribution is -2.75. The molecule has 0 saturated heterocycles. The van der Waals surface area contributed by atoms with Crippen molar-refractivity contribution in [1.29, 1.82) is 0 Å². The summed E-state index contributed by atoms with van der Waals surface area (Å²) in [6, 6.07) is 0.321. The third-order valence-electron chi connectivity index (χ3n) is 10.7. The van der Waals surface area contributed by atoms with Crippen molar-refractivity contribution in [3.8, 4) is 5.88 Å². The summed E-state index contributed by atoms with van der Waals surface area (Å²) in [5.74, 6) is -0.339. The Morgan fingerprint density at radius 1 is 0.360 bits per heavy atom. The van der Waals surface area contributed by atoms with Crippen molar-refractivity contribution in [3.05, 3.63) is 172 Å². The van der Waals surface area contributed by atoms with Gasteiger partial charge in [0.05, 0.1) is 50.7 Å². The van der Waals surface area contributed by atoms with Crippen molar-refractivity contribution in [2.75, 3.05) is 0 Å². The fourth-order valence-corrected chi connectivity index (χ4v) is 7.56. The van der Waals surface area contributed by atoms with Crippen molar-refractivity contribution >= 4 is 28.0 Å². The largest absolute Gasteiger partial charge is 0.577 e. The molecule has 31 heteroatoms. The SMILES string of the molecule is FC(F)(F)Oc1cncc[n+]1Cc1ccccc1.FC(F)(F)c1cc([B-](c2cc(C(F)(F)F)cc(C(F)(F)F)c2)(c2cc(C(F)(F)F)cc(C(F)(F)F)c2)c2cc(C(F)(F)F)cc(C(F)(F)F)c2)cc(C(F)(F)F)c1. The third-order valence-corrected chi connectivity index (χ3v) is 10.7. The van der Waals surface area contributed by atoms with E-state index < -0.39 is 201 Å². The second-order valence-corrected chi connectivity index (χ2v) is 15.8. The van der Waals surface area contributed by atoms with Crippen LogP contribution in [0.4, 0.5) is 119 Å². The van der Waals surface area contributed by atoms with Gasteiger partial charge in [-0.15, -0.1) is 13.2 Å². The quantitative estimate of drug-likeness (QED) is 0.0905. The summed E-state index contributed by atoms with van der Waals surface area (Å²) in [6.45, 7) is 0.286. The average Bonchev–Trinajstić information content (AvgIpc) is 3.25. The van der Waals surface area contributed by atoms with Crippen LogP contribution >= 0.6 is 0 Å². The van der Waals surface area contributed by atoms with Crippen LogP contribution in [0.1, 0.15) is 50.1 Å². The monoisotopic (exact) mass is 1120 g/mol. The van der Waals surface area contributed by atoms with E-state index in [-0.39, 0.29) is 12.4 Å². The first-order chi connectivity index (χ1) is 33.8. The van der Waals surface area contributed by atoms with Crippen molar-refractivity contribution in [1.82, 2.24) is 4.98 Å². The Hall–Kier alpha value is -6.85. The van der Waals surface area contributed by atoms with Crippen LogP contribution in [0.5, 0.6) is 5.88 Å². The number of rotatable bonds is 7. The maximum absolute atomic E-state index is 14.2. The molecule has 0 saturated carbocycles. The van der Waals surface area contributed by atoms with Gasteiger partial charge in [0, 0.05) is 5.56 Å². The Morgan fingerprint density at radius 2 is 0.613 bits per heavy atom. The molecule has 0 atom stereocenters. The molecule has 75 heavy (non-hydrogen) atoms. The van der Waals surface area contributed by atoms with Crippen LogP contribution < -0.4 is 31.2 Å². The molecular weight excluding hydrogens is 1100 g/mol. The fraction of sp³-hybridized carbons (Fsp3) is 0.227. The number of benzene rings is 5. The molecule has 0 aliphatic heterocycles. The van der Waals surface area contributed by atoms with Gasteiger partial charge in [-0.3, -0.25) is 0 Å². The van der Waals surface area contributed by atoms with Crippen molar-refractivity contribution in [2.24, 2.45) is 0 Å². The molecule has 1 heterocycles. The topological polar surface area (TPSA) is 26.0 Å². The first-order valence-electron chi connectivity index (χ1n) is 19.8. The number of alkyl halides is 27. The zero-order valence-electron chi connectivity index (χ0n) is 35.8.